The zero-order valence-corrected chi connectivity index (χ0v) is 8.32. The van der Waals surface area contributed by atoms with Gasteiger partial charge in [-0.25, -0.2) is 0 Å². The average Bonchev–Trinajstić information content (AvgIpc) is 2.78. The molecule has 2 heteroatoms. The van der Waals surface area contributed by atoms with Crippen molar-refractivity contribution >= 4 is 11.4 Å². The fourth-order valence-corrected chi connectivity index (χ4v) is 2.98. The number of nitrogens with two attached hydrogens (primary N) is 1. The first-order valence-electron chi connectivity index (χ1n) is 5.48. The average molecular weight is 188 g/mol. The van der Waals surface area contributed by atoms with Gasteiger partial charge in [0.2, 0.25) is 0 Å². The SMILES string of the molecule is Nc1ccc(N2[C@H]3CC[C@@H]2CC3)cc1. The Morgan fingerprint density at radius 1 is 0.929 bits per heavy atom. The normalized spacial score (nSPS) is 29.9. The number of fused-ring (bicyclic) bond motifs is 2. The van der Waals surface area contributed by atoms with Gasteiger partial charge >= 0.3 is 0 Å². The summed E-state index contributed by atoms with van der Waals surface area (Å²) in [6.07, 6.45) is 5.54. The zero-order valence-electron chi connectivity index (χ0n) is 8.32. The van der Waals surface area contributed by atoms with E-state index >= 15 is 0 Å². The van der Waals surface area contributed by atoms with Crippen LogP contribution in [0.3, 0.4) is 0 Å². The van der Waals surface area contributed by atoms with Crippen molar-refractivity contribution in [3.8, 4) is 0 Å². The van der Waals surface area contributed by atoms with E-state index in [9.17, 15) is 0 Å². The fourth-order valence-electron chi connectivity index (χ4n) is 2.98. The maximum absolute atomic E-state index is 5.69. The summed E-state index contributed by atoms with van der Waals surface area (Å²) in [5.41, 5.74) is 7.92. The molecule has 1 aromatic carbocycles. The molecule has 2 aliphatic heterocycles. The molecule has 0 radical (unpaired) electrons. The van der Waals surface area contributed by atoms with Gasteiger partial charge in [-0.1, -0.05) is 0 Å². The molecule has 0 saturated carbocycles. The molecule has 2 fully saturated rings. The molecule has 74 valence electrons. The maximum Gasteiger partial charge on any atom is 0.0372 e. The van der Waals surface area contributed by atoms with E-state index in [1.165, 1.54) is 31.4 Å². The largest absolute Gasteiger partial charge is 0.399 e. The first kappa shape index (κ1) is 8.16. The van der Waals surface area contributed by atoms with Crippen molar-refractivity contribution < 1.29 is 0 Å². The second-order valence-electron chi connectivity index (χ2n) is 4.46. The molecule has 1 aromatic rings. The third kappa shape index (κ3) is 1.10. The predicted molar refractivity (Wildman–Crippen MR) is 59.4 cm³/mol. The smallest absolute Gasteiger partial charge is 0.0372 e. The summed E-state index contributed by atoms with van der Waals surface area (Å²) >= 11 is 0. The minimum absolute atomic E-state index is 0.809. The third-order valence-corrected chi connectivity index (χ3v) is 3.64. The van der Waals surface area contributed by atoms with E-state index in [2.05, 4.69) is 17.0 Å². The summed E-state index contributed by atoms with van der Waals surface area (Å²) in [6, 6.07) is 9.95. The summed E-state index contributed by atoms with van der Waals surface area (Å²) < 4.78 is 0. The summed E-state index contributed by atoms with van der Waals surface area (Å²) in [5.74, 6) is 0. The summed E-state index contributed by atoms with van der Waals surface area (Å²) in [4.78, 5) is 2.60. The lowest BCUT2D eigenvalue weighted by Crippen LogP contribution is -2.27. The van der Waals surface area contributed by atoms with Gasteiger partial charge in [-0.15, -0.1) is 0 Å². The number of nitrogen functional groups attached to an aromatic ring is 1. The van der Waals surface area contributed by atoms with Crippen molar-refractivity contribution in [2.45, 2.75) is 37.8 Å². The highest BCUT2D eigenvalue weighted by Gasteiger charge is 2.38. The standard InChI is InChI=1S/C12H16N2/c13-9-1-3-10(4-2-9)14-11-5-6-12(14)8-7-11/h1-4,11-12H,5-8,13H2/t11-,12+. The van der Waals surface area contributed by atoms with Crippen molar-refractivity contribution in [3.05, 3.63) is 24.3 Å². The van der Waals surface area contributed by atoms with Crippen LogP contribution in [0.4, 0.5) is 11.4 Å². The minimum atomic E-state index is 0.809. The number of nitrogens with zero attached hydrogens (tertiary/aromatic N) is 1. The number of benzene rings is 1. The highest BCUT2D eigenvalue weighted by atomic mass is 15.2. The van der Waals surface area contributed by atoms with Gasteiger partial charge in [0.15, 0.2) is 0 Å². The van der Waals surface area contributed by atoms with Crippen LogP contribution in [0.25, 0.3) is 0 Å². The van der Waals surface area contributed by atoms with Gasteiger partial charge in [-0.3, -0.25) is 0 Å². The van der Waals surface area contributed by atoms with Crippen LogP contribution in [-0.2, 0) is 0 Å². The number of rotatable bonds is 1. The molecule has 0 atom stereocenters. The third-order valence-electron chi connectivity index (χ3n) is 3.64. The van der Waals surface area contributed by atoms with Crippen LogP contribution < -0.4 is 10.6 Å². The van der Waals surface area contributed by atoms with Gasteiger partial charge in [-0.2, -0.15) is 0 Å². The molecule has 0 aromatic heterocycles. The first-order chi connectivity index (χ1) is 6.84. The van der Waals surface area contributed by atoms with Crippen molar-refractivity contribution in [2.75, 3.05) is 10.6 Å². The topological polar surface area (TPSA) is 29.3 Å². The minimum Gasteiger partial charge on any atom is -0.399 e. The van der Waals surface area contributed by atoms with Crippen LogP contribution in [0.1, 0.15) is 25.7 Å². The van der Waals surface area contributed by atoms with E-state index in [4.69, 9.17) is 5.73 Å². The molecule has 2 N–H and O–H groups in total. The van der Waals surface area contributed by atoms with E-state index in [-0.39, 0.29) is 0 Å². The second kappa shape index (κ2) is 2.91. The fraction of sp³-hybridized carbons (Fsp3) is 0.500. The molecule has 3 rings (SSSR count). The Kier molecular flexibility index (Phi) is 1.69. The lowest BCUT2D eigenvalue weighted by Gasteiger charge is -2.24. The highest BCUT2D eigenvalue weighted by molar-refractivity contribution is 5.55. The van der Waals surface area contributed by atoms with Crippen LogP contribution >= 0.6 is 0 Å². The maximum atomic E-state index is 5.69. The van der Waals surface area contributed by atoms with E-state index in [0.29, 0.717) is 0 Å². The van der Waals surface area contributed by atoms with Crippen LogP contribution in [-0.4, -0.2) is 12.1 Å². The Balaban J connectivity index is 1.92. The Morgan fingerprint density at radius 3 is 1.93 bits per heavy atom. The quantitative estimate of drug-likeness (QED) is 0.686. The van der Waals surface area contributed by atoms with E-state index < -0.39 is 0 Å². The molecule has 2 heterocycles. The molecule has 0 aliphatic carbocycles. The van der Waals surface area contributed by atoms with Gasteiger partial charge in [0.1, 0.15) is 0 Å². The molecular formula is C12H16N2. The Morgan fingerprint density at radius 2 is 1.43 bits per heavy atom. The van der Waals surface area contributed by atoms with Gasteiger partial charge in [0, 0.05) is 23.5 Å². The number of hydrogen-bond acceptors (Lipinski definition) is 2. The van der Waals surface area contributed by atoms with Crippen molar-refractivity contribution in [1.82, 2.24) is 0 Å². The summed E-state index contributed by atoms with van der Waals surface area (Å²) in [6.45, 7) is 0. The molecule has 0 spiro atoms. The predicted octanol–water partition coefficient (Wildman–Crippen LogP) is 2.40. The Hall–Kier alpha value is -1.18. The number of anilines is 2. The summed E-state index contributed by atoms with van der Waals surface area (Å²) in [5, 5.41) is 0. The van der Waals surface area contributed by atoms with Gasteiger partial charge in [0.25, 0.3) is 0 Å². The molecule has 2 bridgehead atoms. The van der Waals surface area contributed by atoms with Crippen molar-refractivity contribution in [3.63, 3.8) is 0 Å². The van der Waals surface area contributed by atoms with Crippen LogP contribution in [0.5, 0.6) is 0 Å². The molecule has 2 saturated heterocycles. The molecule has 14 heavy (non-hydrogen) atoms. The Bertz CT molecular complexity index is 311. The number of hydrogen-bond donors (Lipinski definition) is 1. The monoisotopic (exact) mass is 188 g/mol. The Labute approximate surface area is 84.7 Å². The lowest BCUT2D eigenvalue weighted by atomic mass is 10.0. The van der Waals surface area contributed by atoms with Gasteiger partial charge in [0.05, 0.1) is 0 Å². The van der Waals surface area contributed by atoms with Crippen LogP contribution in [0.2, 0.25) is 0 Å². The summed E-state index contributed by atoms with van der Waals surface area (Å²) in [7, 11) is 0. The molecule has 2 aliphatic rings. The van der Waals surface area contributed by atoms with Gasteiger partial charge in [-0.05, 0) is 49.9 Å². The second-order valence-corrected chi connectivity index (χ2v) is 4.46. The lowest BCUT2D eigenvalue weighted by molar-refractivity contribution is 0.576. The van der Waals surface area contributed by atoms with E-state index in [0.717, 1.165) is 17.8 Å². The highest BCUT2D eigenvalue weighted by Crippen LogP contribution is 2.40. The van der Waals surface area contributed by atoms with E-state index in [1.54, 1.807) is 0 Å². The van der Waals surface area contributed by atoms with Crippen LogP contribution in [0.15, 0.2) is 24.3 Å². The molecule has 0 unspecified atom stereocenters. The van der Waals surface area contributed by atoms with Gasteiger partial charge < -0.3 is 10.6 Å². The van der Waals surface area contributed by atoms with Crippen LogP contribution in [0, 0.1) is 0 Å². The first-order valence-corrected chi connectivity index (χ1v) is 5.48. The molecule has 0 amide bonds. The molecular weight excluding hydrogens is 172 g/mol. The van der Waals surface area contributed by atoms with E-state index in [1.807, 2.05) is 12.1 Å². The van der Waals surface area contributed by atoms with Crippen molar-refractivity contribution in [2.24, 2.45) is 0 Å². The molecule has 2 nitrogen and oxygen atoms in total. The van der Waals surface area contributed by atoms with Crippen molar-refractivity contribution in [1.29, 1.82) is 0 Å². The zero-order chi connectivity index (χ0) is 9.54.